The Labute approximate surface area is 138 Å². The van der Waals surface area contributed by atoms with E-state index >= 15 is 0 Å². The summed E-state index contributed by atoms with van der Waals surface area (Å²) in [5.74, 6) is -1.63. The van der Waals surface area contributed by atoms with Gasteiger partial charge in [-0.3, -0.25) is 9.59 Å². The number of rotatable bonds is 4. The van der Waals surface area contributed by atoms with Crippen LogP contribution in [0.5, 0.6) is 5.75 Å². The van der Waals surface area contributed by atoms with E-state index in [9.17, 15) is 22.4 Å². The molecule has 0 aliphatic heterocycles. The number of hydrogen-bond donors (Lipinski definition) is 0. The van der Waals surface area contributed by atoms with Crippen LogP contribution >= 0.6 is 0 Å². The molecule has 0 N–H and O–H groups in total. The third-order valence-corrected chi connectivity index (χ3v) is 4.79. The number of nitrogens with zero attached hydrogens (tertiary/aromatic N) is 1. The van der Waals surface area contributed by atoms with Crippen LogP contribution in [-0.4, -0.2) is 20.3 Å². The van der Waals surface area contributed by atoms with E-state index in [1.165, 1.54) is 31.2 Å². The fourth-order valence-corrected chi connectivity index (χ4v) is 3.45. The number of amides is 1. The van der Waals surface area contributed by atoms with E-state index in [1.807, 2.05) is 0 Å². The van der Waals surface area contributed by atoms with Crippen LogP contribution in [0.3, 0.4) is 0 Å². The number of carbonyl (C=O) groups excluding carboxylic acids is 2. The Morgan fingerprint density at radius 3 is 1.96 bits per heavy atom. The van der Waals surface area contributed by atoms with Crippen LogP contribution in [0.25, 0.3) is 0 Å². The molecule has 0 aliphatic rings. The van der Waals surface area contributed by atoms with E-state index in [0.717, 1.165) is 31.2 Å². The van der Waals surface area contributed by atoms with Crippen molar-refractivity contribution in [2.24, 2.45) is 0 Å². The first-order chi connectivity index (χ1) is 11.2. The molecule has 0 bridgehead atoms. The maximum Gasteiger partial charge on any atom is 0.308 e. The quantitative estimate of drug-likeness (QED) is 0.624. The molecule has 2 aromatic carbocycles. The molecule has 0 saturated heterocycles. The molecule has 2 aromatic rings. The predicted octanol–water partition coefficient (Wildman–Crippen LogP) is 2.49. The molecule has 0 fully saturated rings. The van der Waals surface area contributed by atoms with Crippen LogP contribution in [0, 0.1) is 5.82 Å². The lowest BCUT2D eigenvalue weighted by molar-refractivity contribution is -0.131. The Balaban J connectivity index is 2.44. The maximum absolute atomic E-state index is 13.0. The van der Waals surface area contributed by atoms with E-state index in [1.54, 1.807) is 0 Å². The number of carbonyl (C=O) groups is 2. The van der Waals surface area contributed by atoms with E-state index in [-0.39, 0.29) is 16.3 Å². The molecule has 0 aromatic heterocycles. The molecule has 1 amide bonds. The summed E-state index contributed by atoms with van der Waals surface area (Å²) in [5.41, 5.74) is 0.0720. The third kappa shape index (κ3) is 3.77. The van der Waals surface area contributed by atoms with Gasteiger partial charge in [-0.15, -0.1) is 0 Å². The topological polar surface area (TPSA) is 80.8 Å². The molecular formula is C16H14FNO5S. The van der Waals surface area contributed by atoms with Gasteiger partial charge in [0, 0.05) is 13.8 Å². The molecule has 0 spiro atoms. The summed E-state index contributed by atoms with van der Waals surface area (Å²) in [4.78, 5) is 22.6. The van der Waals surface area contributed by atoms with Gasteiger partial charge in [-0.05, 0) is 48.5 Å². The van der Waals surface area contributed by atoms with Crippen LogP contribution < -0.4 is 9.04 Å². The van der Waals surface area contributed by atoms with Gasteiger partial charge in [0.05, 0.1) is 10.6 Å². The molecular weight excluding hydrogens is 337 g/mol. The highest BCUT2D eigenvalue weighted by atomic mass is 32.2. The zero-order valence-electron chi connectivity index (χ0n) is 12.9. The first kappa shape index (κ1) is 17.6. The van der Waals surface area contributed by atoms with Gasteiger partial charge in [-0.2, -0.15) is 0 Å². The van der Waals surface area contributed by atoms with Gasteiger partial charge in [0.1, 0.15) is 11.6 Å². The second kappa shape index (κ2) is 6.79. The highest BCUT2D eigenvalue weighted by Crippen LogP contribution is 2.26. The van der Waals surface area contributed by atoms with E-state index in [2.05, 4.69) is 0 Å². The highest BCUT2D eigenvalue weighted by molar-refractivity contribution is 7.93. The fourth-order valence-electron chi connectivity index (χ4n) is 2.02. The summed E-state index contributed by atoms with van der Waals surface area (Å²) in [6.45, 7) is 2.33. The second-order valence-electron chi connectivity index (χ2n) is 4.83. The Hall–Kier alpha value is -2.74. The van der Waals surface area contributed by atoms with Crippen molar-refractivity contribution in [3.8, 4) is 5.75 Å². The zero-order valence-corrected chi connectivity index (χ0v) is 13.7. The van der Waals surface area contributed by atoms with Crippen molar-refractivity contribution < 1.29 is 27.1 Å². The summed E-state index contributed by atoms with van der Waals surface area (Å²) in [6, 6.07) is 9.55. The average molecular weight is 351 g/mol. The van der Waals surface area contributed by atoms with Crippen molar-refractivity contribution in [3.05, 3.63) is 54.3 Å². The zero-order chi connectivity index (χ0) is 17.9. The molecule has 0 unspecified atom stereocenters. The summed E-state index contributed by atoms with van der Waals surface area (Å²) in [5, 5.41) is 0. The third-order valence-electron chi connectivity index (χ3n) is 2.97. The Morgan fingerprint density at radius 1 is 0.958 bits per heavy atom. The molecule has 24 heavy (non-hydrogen) atoms. The van der Waals surface area contributed by atoms with Gasteiger partial charge in [-0.25, -0.2) is 17.1 Å². The molecule has 0 heterocycles. The summed E-state index contributed by atoms with van der Waals surface area (Å²) >= 11 is 0. The average Bonchev–Trinajstić information content (AvgIpc) is 2.48. The van der Waals surface area contributed by atoms with E-state index in [0.29, 0.717) is 4.31 Å². The number of benzene rings is 2. The molecule has 0 aliphatic carbocycles. The number of esters is 1. The fraction of sp³-hybridized carbons (Fsp3) is 0.125. The smallest absolute Gasteiger partial charge is 0.308 e. The summed E-state index contributed by atoms with van der Waals surface area (Å²) < 4.78 is 43.7. The molecule has 0 radical (unpaired) electrons. The Morgan fingerprint density at radius 2 is 1.50 bits per heavy atom. The molecule has 6 nitrogen and oxygen atoms in total. The lowest BCUT2D eigenvalue weighted by Crippen LogP contribution is -2.35. The maximum atomic E-state index is 13.0. The SMILES string of the molecule is CC(=O)Oc1ccc(N(C(C)=O)S(=O)(=O)c2ccc(F)cc2)cc1. The number of hydrogen-bond acceptors (Lipinski definition) is 5. The Kier molecular flexibility index (Phi) is 4.99. The minimum atomic E-state index is -4.20. The molecule has 0 saturated carbocycles. The normalized spacial score (nSPS) is 11.0. The van der Waals surface area contributed by atoms with Gasteiger partial charge in [0.15, 0.2) is 0 Å². The molecule has 126 valence electrons. The number of sulfonamides is 1. The first-order valence-electron chi connectivity index (χ1n) is 6.82. The molecule has 2 rings (SSSR count). The minimum Gasteiger partial charge on any atom is -0.427 e. The standard InChI is InChI=1S/C16H14FNO5S/c1-11(19)18(14-5-7-15(8-6-14)23-12(2)20)24(21,22)16-9-3-13(17)4-10-16/h3-10H,1-2H3. The summed E-state index contributed by atoms with van der Waals surface area (Å²) in [7, 11) is -4.20. The van der Waals surface area contributed by atoms with Crippen LogP contribution in [0.15, 0.2) is 53.4 Å². The second-order valence-corrected chi connectivity index (χ2v) is 6.62. The van der Waals surface area contributed by atoms with Crippen molar-refractivity contribution in [3.63, 3.8) is 0 Å². The number of ether oxygens (including phenoxy) is 1. The van der Waals surface area contributed by atoms with Crippen molar-refractivity contribution >= 4 is 27.6 Å². The highest BCUT2D eigenvalue weighted by Gasteiger charge is 2.28. The van der Waals surface area contributed by atoms with Gasteiger partial charge in [0.2, 0.25) is 5.91 Å². The van der Waals surface area contributed by atoms with Gasteiger partial charge in [-0.1, -0.05) is 0 Å². The minimum absolute atomic E-state index is 0.0720. The van der Waals surface area contributed by atoms with Crippen LogP contribution in [0.4, 0.5) is 10.1 Å². The number of anilines is 1. The van der Waals surface area contributed by atoms with Gasteiger partial charge in [0.25, 0.3) is 10.0 Å². The van der Waals surface area contributed by atoms with Crippen molar-refractivity contribution in [1.82, 2.24) is 0 Å². The summed E-state index contributed by atoms with van der Waals surface area (Å²) in [6.07, 6.45) is 0. The largest absolute Gasteiger partial charge is 0.427 e. The van der Waals surface area contributed by atoms with Crippen molar-refractivity contribution in [1.29, 1.82) is 0 Å². The first-order valence-corrected chi connectivity index (χ1v) is 8.26. The van der Waals surface area contributed by atoms with Crippen LogP contribution in [0.2, 0.25) is 0 Å². The van der Waals surface area contributed by atoms with Crippen molar-refractivity contribution in [2.45, 2.75) is 18.7 Å². The molecule has 8 heteroatoms. The lowest BCUT2D eigenvalue weighted by Gasteiger charge is -2.21. The predicted molar refractivity (Wildman–Crippen MR) is 84.5 cm³/mol. The monoisotopic (exact) mass is 351 g/mol. The van der Waals surface area contributed by atoms with Crippen LogP contribution in [0.1, 0.15) is 13.8 Å². The molecule has 0 atom stereocenters. The number of halogens is 1. The van der Waals surface area contributed by atoms with Crippen molar-refractivity contribution in [2.75, 3.05) is 4.31 Å². The van der Waals surface area contributed by atoms with E-state index in [4.69, 9.17) is 4.74 Å². The Bertz CT molecular complexity index is 860. The lowest BCUT2D eigenvalue weighted by atomic mass is 10.3. The van der Waals surface area contributed by atoms with Gasteiger partial charge < -0.3 is 4.74 Å². The van der Waals surface area contributed by atoms with Gasteiger partial charge >= 0.3 is 5.97 Å². The van der Waals surface area contributed by atoms with E-state index < -0.39 is 27.7 Å². The van der Waals surface area contributed by atoms with Crippen LogP contribution in [-0.2, 0) is 19.6 Å².